The average Bonchev–Trinajstić information content (AvgIpc) is 2.51. The average molecular weight is 524 g/mol. The minimum Gasteiger partial charge on any atom is -0.484 e. The van der Waals surface area contributed by atoms with Gasteiger partial charge in [0.15, 0.2) is 12.6 Å². The van der Waals surface area contributed by atoms with E-state index in [9.17, 15) is 21.6 Å². The van der Waals surface area contributed by atoms with Crippen molar-refractivity contribution in [1.82, 2.24) is 15.4 Å². The van der Waals surface area contributed by atoms with E-state index in [-0.39, 0.29) is 49.4 Å². The Balaban J connectivity index is 0.00000676. The molecule has 27 heavy (non-hydrogen) atoms. The van der Waals surface area contributed by atoms with Crippen molar-refractivity contribution < 1.29 is 26.3 Å². The minimum atomic E-state index is -4.42. The molecule has 0 amide bonds. The Morgan fingerprint density at radius 3 is 2.44 bits per heavy atom. The minimum absolute atomic E-state index is 0. The molecule has 0 unspecified atom stereocenters. The maximum absolute atomic E-state index is 12.4. The Hall–Kier alpha value is -1.28. The van der Waals surface area contributed by atoms with Crippen molar-refractivity contribution in [3.8, 4) is 5.75 Å². The lowest BCUT2D eigenvalue weighted by Gasteiger charge is -2.16. The van der Waals surface area contributed by atoms with E-state index in [2.05, 4.69) is 20.3 Å². The van der Waals surface area contributed by atoms with Gasteiger partial charge < -0.3 is 15.4 Å². The van der Waals surface area contributed by atoms with E-state index in [1.54, 1.807) is 19.1 Å². The van der Waals surface area contributed by atoms with Crippen LogP contribution in [0.4, 0.5) is 13.2 Å². The van der Waals surface area contributed by atoms with Crippen LogP contribution in [-0.4, -0.2) is 53.6 Å². The van der Waals surface area contributed by atoms with Crippen LogP contribution in [0.3, 0.4) is 0 Å². The van der Waals surface area contributed by atoms with E-state index in [1.807, 2.05) is 0 Å². The molecule has 0 aliphatic carbocycles. The quantitative estimate of drug-likeness (QED) is 0.209. The van der Waals surface area contributed by atoms with Gasteiger partial charge in [-0.2, -0.15) is 13.2 Å². The van der Waals surface area contributed by atoms with Gasteiger partial charge in [0.25, 0.3) is 0 Å². The molecule has 12 heteroatoms. The van der Waals surface area contributed by atoms with Gasteiger partial charge in [-0.1, -0.05) is 12.1 Å². The topological polar surface area (TPSA) is 91.8 Å². The number of alkyl halides is 3. The fourth-order valence-corrected chi connectivity index (χ4v) is 2.39. The van der Waals surface area contributed by atoms with Crippen molar-refractivity contribution in [1.29, 1.82) is 0 Å². The summed E-state index contributed by atoms with van der Waals surface area (Å²) < 4.78 is 66.3. The standard InChI is InChI=1S/C15H23F3N4O3S.HI/c1-11-4-5-12(13(8-11)25-10-15(16,17)18)9-21-14(19-2)20-6-7-22-26(3,23)24;/h4-5,8,22H,6-7,9-10H2,1-3H3,(H2,19,20,21);1H. The van der Waals surface area contributed by atoms with Crippen molar-refractivity contribution in [2.24, 2.45) is 4.99 Å². The van der Waals surface area contributed by atoms with Crippen molar-refractivity contribution in [2.45, 2.75) is 19.6 Å². The van der Waals surface area contributed by atoms with Gasteiger partial charge in [0, 0.05) is 32.2 Å². The summed E-state index contributed by atoms with van der Waals surface area (Å²) >= 11 is 0. The number of nitrogens with zero attached hydrogens (tertiary/aromatic N) is 1. The molecule has 0 saturated heterocycles. The summed E-state index contributed by atoms with van der Waals surface area (Å²) in [5, 5.41) is 5.83. The van der Waals surface area contributed by atoms with Crippen LogP contribution in [0, 0.1) is 6.92 Å². The van der Waals surface area contributed by atoms with Crippen LogP contribution in [0.25, 0.3) is 0 Å². The predicted octanol–water partition coefficient (Wildman–Crippen LogP) is 1.77. The molecule has 0 saturated carbocycles. The number of halogens is 4. The molecular formula is C15H24F3IN4O3S. The molecule has 0 aliphatic rings. The fraction of sp³-hybridized carbons (Fsp3) is 0.533. The van der Waals surface area contributed by atoms with E-state index in [1.165, 1.54) is 13.1 Å². The normalized spacial score (nSPS) is 12.3. The Morgan fingerprint density at radius 1 is 1.22 bits per heavy atom. The molecule has 0 bridgehead atoms. The molecule has 156 valence electrons. The van der Waals surface area contributed by atoms with Gasteiger partial charge in [0.1, 0.15) is 5.75 Å². The first-order valence-electron chi connectivity index (χ1n) is 7.68. The Bertz CT molecular complexity index is 728. The second kappa shape index (κ2) is 11.5. The fourth-order valence-electron chi connectivity index (χ4n) is 1.92. The van der Waals surface area contributed by atoms with Crippen LogP contribution in [0.15, 0.2) is 23.2 Å². The zero-order valence-corrected chi connectivity index (χ0v) is 18.3. The SMILES string of the molecule is CN=C(NCCNS(C)(=O)=O)NCc1ccc(C)cc1OCC(F)(F)F.I. The maximum Gasteiger partial charge on any atom is 0.422 e. The first-order chi connectivity index (χ1) is 12.0. The zero-order chi connectivity index (χ0) is 19.8. The first kappa shape index (κ1) is 25.7. The van der Waals surface area contributed by atoms with Crippen LogP contribution >= 0.6 is 24.0 Å². The predicted molar refractivity (Wildman–Crippen MR) is 109 cm³/mol. The second-order valence-corrected chi connectivity index (χ2v) is 7.37. The summed E-state index contributed by atoms with van der Waals surface area (Å²) in [5.74, 6) is 0.520. The van der Waals surface area contributed by atoms with E-state index < -0.39 is 22.8 Å². The molecule has 0 atom stereocenters. The molecule has 0 fully saturated rings. The summed E-state index contributed by atoms with van der Waals surface area (Å²) in [4.78, 5) is 3.97. The smallest absolute Gasteiger partial charge is 0.422 e. The molecule has 3 N–H and O–H groups in total. The molecule has 0 heterocycles. The number of aryl methyl sites for hydroxylation is 1. The van der Waals surface area contributed by atoms with Crippen LogP contribution in [-0.2, 0) is 16.6 Å². The number of aliphatic imine (C=N–C) groups is 1. The Kier molecular flexibility index (Phi) is 11.0. The highest BCUT2D eigenvalue weighted by Gasteiger charge is 2.28. The number of hydrogen-bond donors (Lipinski definition) is 3. The van der Waals surface area contributed by atoms with Crippen molar-refractivity contribution in [2.75, 3.05) is 33.0 Å². The number of hydrogen-bond acceptors (Lipinski definition) is 4. The third-order valence-electron chi connectivity index (χ3n) is 3.07. The molecule has 7 nitrogen and oxygen atoms in total. The van der Waals surface area contributed by atoms with Crippen molar-refractivity contribution in [3.05, 3.63) is 29.3 Å². The summed E-state index contributed by atoms with van der Waals surface area (Å²) in [6.45, 7) is 1.04. The largest absolute Gasteiger partial charge is 0.484 e. The van der Waals surface area contributed by atoms with Gasteiger partial charge in [-0.15, -0.1) is 24.0 Å². The molecular weight excluding hydrogens is 500 g/mol. The highest BCUT2D eigenvalue weighted by Crippen LogP contribution is 2.23. The number of guanidine groups is 1. The van der Waals surface area contributed by atoms with Gasteiger partial charge in [-0.05, 0) is 18.6 Å². The maximum atomic E-state index is 12.4. The van der Waals surface area contributed by atoms with E-state index in [0.29, 0.717) is 11.5 Å². The van der Waals surface area contributed by atoms with Crippen molar-refractivity contribution >= 4 is 40.0 Å². The molecule has 0 aromatic heterocycles. The summed E-state index contributed by atoms with van der Waals surface area (Å²) in [5.41, 5.74) is 1.32. The van der Waals surface area contributed by atoms with Gasteiger partial charge in [-0.25, -0.2) is 13.1 Å². The lowest BCUT2D eigenvalue weighted by molar-refractivity contribution is -0.153. The molecule has 0 spiro atoms. The third kappa shape index (κ3) is 11.9. The zero-order valence-electron chi connectivity index (χ0n) is 15.2. The Labute approximate surface area is 174 Å². The molecule has 0 radical (unpaired) electrons. The number of benzene rings is 1. The van der Waals surface area contributed by atoms with Gasteiger partial charge >= 0.3 is 6.18 Å². The molecule has 1 aromatic carbocycles. The molecule has 0 aliphatic heterocycles. The summed E-state index contributed by atoms with van der Waals surface area (Å²) in [6, 6.07) is 4.98. The summed E-state index contributed by atoms with van der Waals surface area (Å²) in [6.07, 6.45) is -3.36. The highest BCUT2D eigenvalue weighted by atomic mass is 127. The van der Waals surface area contributed by atoms with Crippen LogP contribution in [0.2, 0.25) is 0 Å². The second-order valence-electron chi connectivity index (χ2n) is 5.53. The van der Waals surface area contributed by atoms with Crippen LogP contribution < -0.4 is 20.1 Å². The lowest BCUT2D eigenvalue weighted by Crippen LogP contribution is -2.41. The molecule has 1 aromatic rings. The number of rotatable bonds is 8. The van der Waals surface area contributed by atoms with Crippen LogP contribution in [0.5, 0.6) is 5.75 Å². The van der Waals surface area contributed by atoms with Gasteiger partial charge in [-0.3, -0.25) is 4.99 Å². The number of nitrogens with one attached hydrogen (secondary N) is 3. The van der Waals surface area contributed by atoms with Crippen molar-refractivity contribution in [3.63, 3.8) is 0 Å². The highest BCUT2D eigenvalue weighted by molar-refractivity contribution is 14.0. The number of sulfonamides is 1. The first-order valence-corrected chi connectivity index (χ1v) is 9.57. The van der Waals surface area contributed by atoms with E-state index >= 15 is 0 Å². The monoisotopic (exact) mass is 524 g/mol. The Morgan fingerprint density at radius 2 is 1.89 bits per heavy atom. The van der Waals surface area contributed by atoms with E-state index in [4.69, 9.17) is 4.74 Å². The third-order valence-corrected chi connectivity index (χ3v) is 3.79. The molecule has 1 rings (SSSR count). The van der Waals surface area contributed by atoms with Gasteiger partial charge in [0.2, 0.25) is 10.0 Å². The number of ether oxygens (including phenoxy) is 1. The van der Waals surface area contributed by atoms with E-state index in [0.717, 1.165) is 11.8 Å². The van der Waals surface area contributed by atoms with Gasteiger partial charge in [0.05, 0.1) is 6.26 Å². The van der Waals surface area contributed by atoms with Crippen LogP contribution in [0.1, 0.15) is 11.1 Å². The summed E-state index contributed by atoms with van der Waals surface area (Å²) in [7, 11) is -1.75. The lowest BCUT2D eigenvalue weighted by atomic mass is 10.1.